The van der Waals surface area contributed by atoms with Crippen LogP contribution in [-0.2, 0) is 40.1 Å². The summed E-state index contributed by atoms with van der Waals surface area (Å²) >= 11 is 0. The van der Waals surface area contributed by atoms with E-state index < -0.39 is 11.7 Å². The van der Waals surface area contributed by atoms with E-state index in [1.165, 1.54) is 43.1 Å². The number of anilines is 2. The predicted molar refractivity (Wildman–Crippen MR) is 223 cm³/mol. The number of terminal acetylenes is 1. The molecule has 0 spiro atoms. The fraction of sp³-hybridized carbons (Fsp3) is 0.667. The highest BCUT2D eigenvalue weighted by Crippen LogP contribution is 2.14. The van der Waals surface area contributed by atoms with Crippen molar-refractivity contribution in [2.75, 3.05) is 18.0 Å². The smallest absolute Gasteiger partial charge is 0.421 e. The molecule has 0 aliphatic heterocycles. The number of nitrogen functional groups attached to an aromatic ring is 2. The molecule has 312 valence electrons. The zero-order valence-electron chi connectivity index (χ0n) is 34.2. The number of ketones is 2. The molecular weight excluding hydrogens is 736 g/mol. The molecule has 0 aromatic carbocycles. The summed E-state index contributed by atoms with van der Waals surface area (Å²) in [7, 11) is 0. The van der Waals surface area contributed by atoms with Crippen LogP contribution in [0.3, 0.4) is 0 Å². The molecular formula is C39H65ClN12O4. The average Bonchev–Trinajstić information content (AvgIpc) is 3.86. The lowest BCUT2D eigenvalue weighted by molar-refractivity contribution is -0.120. The van der Waals surface area contributed by atoms with Crippen LogP contribution in [0.4, 0.5) is 16.7 Å². The number of hydrogen-bond donors (Lipinski definition) is 3. The molecule has 0 bridgehead atoms. The van der Waals surface area contributed by atoms with Crippen molar-refractivity contribution < 1.29 is 19.1 Å². The van der Waals surface area contributed by atoms with Gasteiger partial charge in [-0.25, -0.2) is 24.0 Å². The summed E-state index contributed by atoms with van der Waals surface area (Å²) in [5, 5.41) is 11.4. The van der Waals surface area contributed by atoms with Crippen LogP contribution in [0.15, 0.2) is 23.7 Å². The molecule has 0 saturated carbocycles. The Bertz CT molecular complexity index is 1630. The summed E-state index contributed by atoms with van der Waals surface area (Å²) in [5.41, 5.74) is 21.3. The first kappa shape index (κ1) is 51.1. The molecule has 0 radical (unpaired) electrons. The highest BCUT2D eigenvalue weighted by Gasteiger charge is 2.20. The Morgan fingerprint density at radius 3 is 2.11 bits per heavy atom. The lowest BCUT2D eigenvalue weighted by Gasteiger charge is -2.19. The Hall–Kier alpha value is -4.87. The van der Waals surface area contributed by atoms with E-state index in [9.17, 15) is 14.4 Å². The minimum Gasteiger partial charge on any atom is -0.443 e. The number of H-pyrrole nitrogens is 1. The maximum absolute atomic E-state index is 11.9. The molecule has 17 heteroatoms. The number of Topliss-reactive ketones (excluding diaryl/α,β-unsaturated/α-hetero) is 2. The van der Waals surface area contributed by atoms with Gasteiger partial charge in [-0.2, -0.15) is 0 Å². The van der Waals surface area contributed by atoms with Crippen molar-refractivity contribution >= 4 is 42.0 Å². The molecule has 0 unspecified atom stereocenters. The Morgan fingerprint density at radius 2 is 1.54 bits per heavy atom. The van der Waals surface area contributed by atoms with Crippen LogP contribution >= 0.6 is 12.4 Å². The highest BCUT2D eigenvalue weighted by atomic mass is 35.5. The third-order valence-electron chi connectivity index (χ3n) is 8.01. The number of ether oxygens (including phenoxy) is 1. The van der Waals surface area contributed by atoms with E-state index >= 15 is 0 Å². The number of carbonyl (C=O) groups excluding carboxylic acids is 3. The Morgan fingerprint density at radius 1 is 0.911 bits per heavy atom. The van der Waals surface area contributed by atoms with Crippen molar-refractivity contribution in [2.24, 2.45) is 5.11 Å². The molecule has 0 atom stereocenters. The molecule has 5 N–H and O–H groups in total. The molecule has 16 nitrogen and oxygen atoms in total. The summed E-state index contributed by atoms with van der Waals surface area (Å²) in [6.07, 6.45) is 27.4. The van der Waals surface area contributed by atoms with Gasteiger partial charge < -0.3 is 21.2 Å². The van der Waals surface area contributed by atoms with Gasteiger partial charge in [-0.1, -0.05) is 75.5 Å². The number of carbonyl (C=O) groups is 3. The number of unbranched alkanes of at least 4 members (excludes halogenated alkanes) is 9. The number of aryl methyl sites for hydroxylation is 3. The van der Waals surface area contributed by atoms with Gasteiger partial charge in [0.05, 0.1) is 24.1 Å². The lowest BCUT2D eigenvalue weighted by Crippen LogP contribution is -2.27. The van der Waals surface area contributed by atoms with Gasteiger partial charge >= 0.3 is 6.09 Å². The Labute approximate surface area is 338 Å². The second kappa shape index (κ2) is 30.4. The van der Waals surface area contributed by atoms with E-state index in [-0.39, 0.29) is 36.5 Å². The third kappa shape index (κ3) is 25.3. The normalized spacial score (nSPS) is 10.4. The van der Waals surface area contributed by atoms with Crippen LogP contribution < -0.4 is 11.5 Å². The van der Waals surface area contributed by atoms with Crippen LogP contribution in [-0.4, -0.2) is 64.3 Å². The van der Waals surface area contributed by atoms with Gasteiger partial charge in [0.1, 0.15) is 17.9 Å². The van der Waals surface area contributed by atoms with Gasteiger partial charge in [0, 0.05) is 42.3 Å². The van der Waals surface area contributed by atoms with E-state index in [1.54, 1.807) is 37.8 Å². The molecule has 56 heavy (non-hydrogen) atoms. The standard InChI is InChI=1S/C17H28N6O.C13H19N3O2.C9H17N3O.ClH/c1-2-3-4-5-6-10-16(24)13-23-12-15(21-22-23)9-7-8-14-11-19-17(18)20-14;1-5-6-7-8-10-9-16(11(14)15-10)12(17)18-13(2,3)4;1-2-3-4-5-6-7-9(13)8-11-12-10;/h11-12H,2-10,13H2,1H3,(H3,18,19,20);1,9H,6-8H2,2-4H3,(H2,14,15);2-8H2,1H3;1H. The van der Waals surface area contributed by atoms with Crippen LogP contribution in [0.1, 0.15) is 148 Å². The summed E-state index contributed by atoms with van der Waals surface area (Å²) in [6, 6.07) is 0. The fourth-order valence-corrected chi connectivity index (χ4v) is 5.19. The molecule has 0 saturated heterocycles. The van der Waals surface area contributed by atoms with Crippen LogP contribution in [0.2, 0.25) is 0 Å². The number of nitrogens with zero attached hydrogens (tertiary/aromatic N) is 9. The van der Waals surface area contributed by atoms with Gasteiger partial charge in [-0.3, -0.25) is 9.59 Å². The highest BCUT2D eigenvalue weighted by molar-refractivity contribution is 5.85. The quantitative estimate of drug-likeness (QED) is 0.0271. The van der Waals surface area contributed by atoms with Gasteiger partial charge in [-0.05, 0) is 71.2 Å². The average molecular weight is 801 g/mol. The van der Waals surface area contributed by atoms with Crippen molar-refractivity contribution in [3.63, 3.8) is 0 Å². The number of nitrogens with one attached hydrogen (secondary N) is 1. The van der Waals surface area contributed by atoms with E-state index in [1.807, 2.05) is 6.20 Å². The third-order valence-corrected chi connectivity index (χ3v) is 8.01. The van der Waals surface area contributed by atoms with Crippen molar-refractivity contribution in [1.29, 1.82) is 0 Å². The lowest BCUT2D eigenvalue weighted by atomic mass is 10.1. The first-order chi connectivity index (χ1) is 26.3. The number of nitrogens with two attached hydrogens (primary N) is 2. The minimum absolute atomic E-state index is 0. The number of hydrogen-bond acceptors (Lipinski definition) is 11. The molecule has 3 rings (SSSR count). The number of rotatable bonds is 23. The second-order valence-corrected chi connectivity index (χ2v) is 14.3. The van der Waals surface area contributed by atoms with Crippen molar-refractivity contribution in [1.82, 2.24) is 34.5 Å². The van der Waals surface area contributed by atoms with E-state index in [0.717, 1.165) is 68.4 Å². The van der Waals surface area contributed by atoms with Crippen LogP contribution in [0.25, 0.3) is 10.4 Å². The van der Waals surface area contributed by atoms with E-state index in [2.05, 4.69) is 55.1 Å². The first-order valence-electron chi connectivity index (χ1n) is 19.5. The van der Waals surface area contributed by atoms with Crippen LogP contribution in [0, 0.1) is 12.3 Å². The van der Waals surface area contributed by atoms with Crippen LogP contribution in [0.5, 0.6) is 0 Å². The molecule has 0 fully saturated rings. The van der Waals surface area contributed by atoms with Crippen molar-refractivity contribution in [2.45, 2.75) is 162 Å². The first-order valence-corrected chi connectivity index (χ1v) is 19.5. The molecule has 0 aliphatic rings. The Kier molecular flexibility index (Phi) is 27.7. The van der Waals surface area contributed by atoms with Gasteiger partial charge in [0.2, 0.25) is 5.95 Å². The molecule has 0 amide bonds. The zero-order valence-corrected chi connectivity index (χ0v) is 35.0. The van der Waals surface area contributed by atoms with Gasteiger partial charge in [-0.15, -0.1) is 29.8 Å². The summed E-state index contributed by atoms with van der Waals surface area (Å²) in [4.78, 5) is 48.3. The summed E-state index contributed by atoms with van der Waals surface area (Å²) in [5.74, 6) is 3.43. The number of aromatic nitrogens is 7. The minimum atomic E-state index is -0.558. The topological polar surface area (TPSA) is 238 Å². The second-order valence-electron chi connectivity index (χ2n) is 14.3. The van der Waals surface area contributed by atoms with Gasteiger partial charge in [0.25, 0.3) is 0 Å². The number of halogens is 1. The zero-order chi connectivity index (χ0) is 40.9. The maximum atomic E-state index is 11.9. The largest absolute Gasteiger partial charge is 0.443 e. The monoisotopic (exact) mass is 800 g/mol. The summed E-state index contributed by atoms with van der Waals surface area (Å²) < 4.78 is 8.08. The van der Waals surface area contributed by atoms with Crippen molar-refractivity contribution in [3.05, 3.63) is 46.1 Å². The molecule has 3 aromatic heterocycles. The predicted octanol–water partition coefficient (Wildman–Crippen LogP) is 8.54. The SMILES string of the molecule is C#CCCCc1cn(C(=O)OC(C)(C)C)c(N)n1.CCCCCCCC(=O)CN=[N+]=[N-].CCCCCCCC(=O)Cn1cc(CCCc2cnc(N)[nH]2)nn1.Cl. The van der Waals surface area contributed by atoms with E-state index in [4.69, 9.17) is 28.2 Å². The molecule has 3 aromatic rings. The van der Waals surface area contributed by atoms with E-state index in [0.29, 0.717) is 38.2 Å². The molecule has 3 heterocycles. The van der Waals surface area contributed by atoms with Crippen molar-refractivity contribution in [3.8, 4) is 12.3 Å². The number of aromatic amines is 1. The Balaban J connectivity index is 0.000000844. The molecule has 0 aliphatic carbocycles. The summed E-state index contributed by atoms with van der Waals surface area (Å²) in [6.45, 7) is 10.1. The number of imidazole rings is 2. The van der Waals surface area contributed by atoms with Gasteiger partial charge in [0.15, 0.2) is 11.7 Å². The fourth-order valence-electron chi connectivity index (χ4n) is 5.19. The number of azide groups is 1. The maximum Gasteiger partial charge on any atom is 0.421 e.